The van der Waals surface area contributed by atoms with Crippen molar-refractivity contribution in [1.29, 1.82) is 0 Å². The molecule has 0 saturated carbocycles. The number of nitrogens with zero attached hydrogens (tertiary/aromatic N) is 6. The number of carbonyl (C=O) groups is 1. The van der Waals surface area contributed by atoms with Crippen molar-refractivity contribution in [3.8, 4) is 16.4 Å². The fraction of sp³-hybridized carbons (Fsp3) is 0.292. The lowest BCUT2D eigenvalue weighted by molar-refractivity contribution is -0.125. The Bertz CT molecular complexity index is 1190. The lowest BCUT2D eigenvalue weighted by Gasteiger charge is -2.32. The third kappa shape index (κ3) is 5.09. The van der Waals surface area contributed by atoms with Crippen LogP contribution in [-0.4, -0.2) is 50.3 Å². The van der Waals surface area contributed by atoms with E-state index in [1.54, 1.807) is 28.5 Å². The Hall–Kier alpha value is -3.59. The molecule has 1 saturated heterocycles. The first kappa shape index (κ1) is 21.3. The summed E-state index contributed by atoms with van der Waals surface area (Å²) in [5, 5.41) is 10.4. The average molecular weight is 460 g/mol. The van der Waals surface area contributed by atoms with E-state index in [1.807, 2.05) is 36.5 Å². The van der Waals surface area contributed by atoms with Crippen molar-refractivity contribution in [2.75, 3.05) is 24.5 Å². The number of anilines is 1. The Morgan fingerprint density at radius 2 is 2.03 bits per heavy atom. The molecule has 8 nitrogen and oxygen atoms in total. The molecule has 1 unspecified atom stereocenters. The second-order valence-electron chi connectivity index (χ2n) is 8.02. The van der Waals surface area contributed by atoms with Crippen LogP contribution in [0.2, 0.25) is 0 Å². The van der Waals surface area contributed by atoms with Crippen LogP contribution in [0.4, 0.5) is 5.82 Å². The predicted molar refractivity (Wildman–Crippen MR) is 128 cm³/mol. The van der Waals surface area contributed by atoms with E-state index in [9.17, 15) is 4.79 Å². The molecule has 0 spiro atoms. The number of carbonyl (C=O) groups excluding carboxylic acids is 1. The van der Waals surface area contributed by atoms with Crippen LogP contribution in [0.5, 0.6) is 0 Å². The smallest absolute Gasteiger partial charge is 0.224 e. The minimum absolute atomic E-state index is 0.0582. The van der Waals surface area contributed by atoms with Crippen LogP contribution in [0.1, 0.15) is 18.5 Å². The van der Waals surface area contributed by atoms with Crippen molar-refractivity contribution in [1.82, 2.24) is 30.0 Å². The molecule has 4 heterocycles. The first-order valence-corrected chi connectivity index (χ1v) is 12.0. The summed E-state index contributed by atoms with van der Waals surface area (Å²) >= 11 is 1.64. The molecule has 5 rings (SSSR count). The summed E-state index contributed by atoms with van der Waals surface area (Å²) in [5.74, 6) is 1.58. The molecule has 1 aromatic carbocycles. The number of aromatic nitrogens is 5. The van der Waals surface area contributed by atoms with Gasteiger partial charge in [0.1, 0.15) is 17.2 Å². The van der Waals surface area contributed by atoms with Gasteiger partial charge in [-0.2, -0.15) is 5.10 Å². The second kappa shape index (κ2) is 9.91. The summed E-state index contributed by atoms with van der Waals surface area (Å²) in [7, 11) is 0. The summed E-state index contributed by atoms with van der Waals surface area (Å²) in [4.78, 5) is 28.4. The highest BCUT2D eigenvalue weighted by Gasteiger charge is 2.26. The quantitative estimate of drug-likeness (QED) is 0.456. The molecule has 0 aliphatic carbocycles. The molecule has 1 fully saturated rings. The zero-order valence-electron chi connectivity index (χ0n) is 18.2. The summed E-state index contributed by atoms with van der Waals surface area (Å²) in [5.41, 5.74) is 2.14. The number of benzene rings is 1. The highest BCUT2D eigenvalue weighted by molar-refractivity contribution is 7.13. The highest BCUT2D eigenvalue weighted by atomic mass is 32.1. The minimum atomic E-state index is -0.0582. The third-order valence-corrected chi connectivity index (χ3v) is 6.69. The summed E-state index contributed by atoms with van der Waals surface area (Å²) in [6.45, 7) is 2.11. The Labute approximate surface area is 196 Å². The van der Waals surface area contributed by atoms with Crippen LogP contribution in [0, 0.1) is 5.92 Å². The van der Waals surface area contributed by atoms with E-state index < -0.39 is 0 Å². The van der Waals surface area contributed by atoms with Crippen LogP contribution in [-0.2, 0) is 11.2 Å². The molecule has 33 heavy (non-hydrogen) atoms. The number of rotatable bonds is 7. The van der Waals surface area contributed by atoms with Crippen molar-refractivity contribution in [2.45, 2.75) is 19.3 Å². The van der Waals surface area contributed by atoms with Gasteiger partial charge >= 0.3 is 0 Å². The van der Waals surface area contributed by atoms with Crippen LogP contribution in [0.15, 0.2) is 66.6 Å². The molecule has 168 valence electrons. The topological polar surface area (TPSA) is 88.8 Å². The van der Waals surface area contributed by atoms with Crippen molar-refractivity contribution in [3.05, 3.63) is 72.3 Å². The first-order valence-electron chi connectivity index (χ1n) is 11.1. The summed E-state index contributed by atoms with van der Waals surface area (Å²) in [6.07, 6.45) is 7.68. The van der Waals surface area contributed by atoms with Gasteiger partial charge in [-0.1, -0.05) is 30.3 Å². The first-order chi connectivity index (χ1) is 16.3. The zero-order valence-corrected chi connectivity index (χ0v) is 19.0. The van der Waals surface area contributed by atoms with Gasteiger partial charge in [0.25, 0.3) is 0 Å². The molecule has 3 aromatic heterocycles. The molecular formula is C24H25N7OS. The van der Waals surface area contributed by atoms with Gasteiger partial charge in [-0.15, -0.1) is 11.3 Å². The van der Waals surface area contributed by atoms with Gasteiger partial charge in [-0.05, 0) is 18.9 Å². The Balaban J connectivity index is 1.15. The van der Waals surface area contributed by atoms with E-state index in [-0.39, 0.29) is 11.8 Å². The summed E-state index contributed by atoms with van der Waals surface area (Å²) in [6, 6.07) is 13.9. The molecule has 1 atom stereocenters. The normalized spacial score (nSPS) is 16.0. The van der Waals surface area contributed by atoms with Crippen molar-refractivity contribution in [3.63, 3.8) is 0 Å². The molecule has 4 aromatic rings. The Kier molecular flexibility index (Phi) is 6.39. The molecule has 1 aliphatic rings. The maximum absolute atomic E-state index is 12.8. The fourth-order valence-corrected chi connectivity index (χ4v) is 4.89. The van der Waals surface area contributed by atoms with Crippen molar-refractivity contribution >= 4 is 23.1 Å². The molecular weight excluding hydrogens is 434 g/mol. The average Bonchev–Trinajstić information content (AvgIpc) is 3.58. The van der Waals surface area contributed by atoms with Gasteiger partial charge < -0.3 is 10.2 Å². The molecule has 1 N–H and O–H groups in total. The predicted octanol–water partition coefficient (Wildman–Crippen LogP) is 3.36. The van der Waals surface area contributed by atoms with Gasteiger partial charge in [0.15, 0.2) is 5.82 Å². The van der Waals surface area contributed by atoms with E-state index >= 15 is 0 Å². The second-order valence-corrected chi connectivity index (χ2v) is 8.88. The molecule has 1 aliphatic heterocycles. The van der Waals surface area contributed by atoms with E-state index in [1.165, 1.54) is 0 Å². The van der Waals surface area contributed by atoms with E-state index in [0.29, 0.717) is 13.1 Å². The van der Waals surface area contributed by atoms with Gasteiger partial charge in [0.05, 0.1) is 11.6 Å². The van der Waals surface area contributed by atoms with Gasteiger partial charge in [0.2, 0.25) is 5.91 Å². The maximum Gasteiger partial charge on any atom is 0.224 e. The van der Waals surface area contributed by atoms with Crippen LogP contribution < -0.4 is 10.2 Å². The molecule has 0 radical (unpaired) electrons. The lowest BCUT2D eigenvalue weighted by atomic mass is 9.97. The van der Waals surface area contributed by atoms with Crippen LogP contribution in [0.3, 0.4) is 0 Å². The summed E-state index contributed by atoms with van der Waals surface area (Å²) < 4.78 is 1.71. The minimum Gasteiger partial charge on any atom is -0.356 e. The maximum atomic E-state index is 12.8. The molecule has 1 amide bonds. The SMILES string of the molecule is O=C(NCCc1csc(-c2ccccc2)n1)C1CCCN(c2cc(-n3cccn3)ncn2)C1. The van der Waals surface area contributed by atoms with Crippen LogP contribution >= 0.6 is 11.3 Å². The monoisotopic (exact) mass is 459 g/mol. The number of nitrogens with one attached hydrogen (secondary N) is 1. The van der Waals surface area contributed by atoms with E-state index in [0.717, 1.165) is 53.7 Å². The lowest BCUT2D eigenvalue weighted by Crippen LogP contribution is -2.43. The third-order valence-electron chi connectivity index (χ3n) is 5.75. The zero-order chi connectivity index (χ0) is 22.5. The standard InChI is InChI=1S/C24H25N7OS/c32-23(25-11-9-20-16-33-24(29-20)18-6-2-1-3-7-18)19-8-4-12-30(15-19)21-14-22(27-17-26-21)31-13-5-10-28-31/h1-3,5-7,10,13-14,16-17,19H,4,8-9,11-12,15H2,(H,25,32). The van der Waals surface area contributed by atoms with Gasteiger partial charge in [-0.25, -0.2) is 19.6 Å². The number of thiazole rings is 1. The highest BCUT2D eigenvalue weighted by Crippen LogP contribution is 2.24. The van der Waals surface area contributed by atoms with Gasteiger partial charge in [-0.3, -0.25) is 4.79 Å². The van der Waals surface area contributed by atoms with Crippen LogP contribution in [0.25, 0.3) is 16.4 Å². The number of hydrogen-bond donors (Lipinski definition) is 1. The number of piperidine rings is 1. The Morgan fingerprint density at radius 3 is 2.88 bits per heavy atom. The number of amides is 1. The molecule has 0 bridgehead atoms. The fourth-order valence-electron chi connectivity index (χ4n) is 4.03. The Morgan fingerprint density at radius 1 is 1.15 bits per heavy atom. The van der Waals surface area contributed by atoms with E-state index in [4.69, 9.17) is 4.98 Å². The van der Waals surface area contributed by atoms with Crippen molar-refractivity contribution < 1.29 is 4.79 Å². The largest absolute Gasteiger partial charge is 0.356 e. The van der Waals surface area contributed by atoms with Crippen molar-refractivity contribution in [2.24, 2.45) is 5.92 Å². The van der Waals surface area contributed by atoms with Gasteiger partial charge in [0, 0.05) is 55.5 Å². The van der Waals surface area contributed by atoms with E-state index in [2.05, 4.69) is 42.8 Å². The molecule has 9 heteroatoms. The number of hydrogen-bond acceptors (Lipinski definition) is 7.